The summed E-state index contributed by atoms with van der Waals surface area (Å²) in [5.74, 6) is 0.824. The Hall–Kier alpha value is -1.07. The maximum atomic E-state index is 11.4. The summed E-state index contributed by atoms with van der Waals surface area (Å²) in [4.78, 5) is 0. The highest BCUT2D eigenvalue weighted by Gasteiger charge is 2.27. The minimum atomic E-state index is -3.26. The fraction of sp³-hybridized carbons (Fsp3) is 0.538. The van der Waals surface area contributed by atoms with Crippen molar-refractivity contribution in [2.24, 2.45) is 0 Å². The molecule has 0 amide bonds. The van der Waals surface area contributed by atoms with E-state index < -0.39 is 21.2 Å². The van der Waals surface area contributed by atoms with Gasteiger partial charge in [0.05, 0.1) is 11.4 Å². The summed E-state index contributed by atoms with van der Waals surface area (Å²) in [6.45, 7) is 3.50. The van der Waals surface area contributed by atoms with E-state index in [0.717, 1.165) is 24.0 Å². The third-order valence-corrected chi connectivity index (χ3v) is 4.99. The third kappa shape index (κ3) is 2.52. The molecular weight excluding hydrogens is 252 g/mol. The van der Waals surface area contributed by atoms with E-state index in [9.17, 15) is 13.5 Å². The van der Waals surface area contributed by atoms with E-state index in [0.29, 0.717) is 5.56 Å². The Kier molecular flexibility index (Phi) is 3.38. The Bertz CT molecular complexity index is 550. The topological polar surface area (TPSA) is 63.6 Å². The van der Waals surface area contributed by atoms with Crippen LogP contribution in [0.25, 0.3) is 0 Å². The van der Waals surface area contributed by atoms with Crippen molar-refractivity contribution in [1.29, 1.82) is 0 Å². The van der Waals surface area contributed by atoms with Crippen molar-refractivity contribution in [3.63, 3.8) is 0 Å². The van der Waals surface area contributed by atoms with Crippen molar-refractivity contribution in [3.8, 4) is 5.75 Å². The van der Waals surface area contributed by atoms with Crippen molar-refractivity contribution in [2.75, 3.05) is 6.26 Å². The molecule has 0 aromatic heterocycles. The molecule has 3 atom stereocenters. The van der Waals surface area contributed by atoms with Crippen LogP contribution in [-0.2, 0) is 16.3 Å². The summed E-state index contributed by atoms with van der Waals surface area (Å²) in [6.07, 6.45) is 1.07. The van der Waals surface area contributed by atoms with Crippen molar-refractivity contribution in [2.45, 2.75) is 37.7 Å². The van der Waals surface area contributed by atoms with Crippen LogP contribution in [0.2, 0.25) is 0 Å². The van der Waals surface area contributed by atoms with Crippen LogP contribution in [0.1, 0.15) is 31.1 Å². The van der Waals surface area contributed by atoms with Crippen molar-refractivity contribution >= 4 is 9.84 Å². The first kappa shape index (κ1) is 13.4. The smallest absolute Gasteiger partial charge is 0.152 e. The number of hydrogen-bond donors (Lipinski definition) is 1. The van der Waals surface area contributed by atoms with Crippen molar-refractivity contribution < 1.29 is 18.3 Å². The summed E-state index contributed by atoms with van der Waals surface area (Å²) < 4.78 is 28.5. The fourth-order valence-electron chi connectivity index (χ4n) is 2.13. The average molecular weight is 270 g/mol. The van der Waals surface area contributed by atoms with Crippen LogP contribution >= 0.6 is 0 Å². The lowest BCUT2D eigenvalue weighted by Gasteiger charge is -2.18. The van der Waals surface area contributed by atoms with Gasteiger partial charge >= 0.3 is 0 Å². The lowest BCUT2D eigenvalue weighted by atomic mass is 10.0. The summed E-state index contributed by atoms with van der Waals surface area (Å²) in [7, 11) is -3.26. The molecule has 0 spiro atoms. The Morgan fingerprint density at radius 1 is 1.44 bits per heavy atom. The van der Waals surface area contributed by atoms with Gasteiger partial charge in [0.2, 0.25) is 0 Å². The number of aliphatic hydroxyl groups excluding tert-OH is 1. The van der Waals surface area contributed by atoms with Gasteiger partial charge in [0.1, 0.15) is 11.9 Å². The number of fused-ring (bicyclic) bond motifs is 1. The predicted molar refractivity (Wildman–Crippen MR) is 69.5 cm³/mol. The van der Waals surface area contributed by atoms with E-state index in [4.69, 9.17) is 4.74 Å². The molecule has 2 rings (SSSR count). The zero-order chi connectivity index (χ0) is 13.5. The quantitative estimate of drug-likeness (QED) is 0.903. The van der Waals surface area contributed by atoms with Crippen LogP contribution < -0.4 is 4.74 Å². The van der Waals surface area contributed by atoms with Crippen LogP contribution in [0.5, 0.6) is 5.75 Å². The molecule has 1 aromatic rings. The zero-order valence-corrected chi connectivity index (χ0v) is 11.6. The van der Waals surface area contributed by atoms with E-state index in [-0.39, 0.29) is 6.10 Å². The molecule has 1 aliphatic heterocycles. The molecule has 1 aromatic carbocycles. The highest BCUT2D eigenvalue weighted by molar-refractivity contribution is 7.91. The van der Waals surface area contributed by atoms with Gasteiger partial charge in [0.25, 0.3) is 0 Å². The fourth-order valence-corrected chi connectivity index (χ4v) is 2.76. The molecule has 0 bridgehead atoms. The number of benzene rings is 1. The van der Waals surface area contributed by atoms with Gasteiger partial charge in [-0.05, 0) is 37.1 Å². The maximum absolute atomic E-state index is 11.4. The Balaban J connectivity index is 2.28. The van der Waals surface area contributed by atoms with Crippen LogP contribution in [0.3, 0.4) is 0 Å². The highest BCUT2D eigenvalue weighted by atomic mass is 32.2. The molecule has 0 saturated carbocycles. The summed E-state index contributed by atoms with van der Waals surface area (Å²) in [5, 5.41) is 9.29. The van der Waals surface area contributed by atoms with Gasteiger partial charge in [-0.3, -0.25) is 0 Å². The van der Waals surface area contributed by atoms with Crippen LogP contribution in [-0.4, -0.2) is 31.1 Å². The van der Waals surface area contributed by atoms with E-state index >= 15 is 0 Å². The van der Waals surface area contributed by atoms with Crippen molar-refractivity contribution in [1.82, 2.24) is 0 Å². The van der Waals surface area contributed by atoms with Crippen LogP contribution in [0, 0.1) is 0 Å². The maximum Gasteiger partial charge on any atom is 0.152 e. The third-order valence-electron chi connectivity index (χ3n) is 3.38. The molecule has 1 aliphatic rings. The van der Waals surface area contributed by atoms with Gasteiger partial charge < -0.3 is 9.84 Å². The second-order valence-corrected chi connectivity index (χ2v) is 7.38. The van der Waals surface area contributed by atoms with Crippen LogP contribution in [0.15, 0.2) is 18.2 Å². The average Bonchev–Trinajstić information content (AvgIpc) is 2.64. The molecule has 1 heterocycles. The number of rotatable bonds is 3. The summed E-state index contributed by atoms with van der Waals surface area (Å²) in [5.41, 5.74) is 1.66. The molecule has 18 heavy (non-hydrogen) atoms. The first-order valence-electron chi connectivity index (χ1n) is 5.95. The standard InChI is InChI=1S/C13H18O4S/c1-8-6-11-7-10(4-5-12(11)17-8)13(14)9(2)18(3,15)16/h4-5,7-9,13-14H,6H2,1-3H3. The van der Waals surface area contributed by atoms with Gasteiger partial charge in [-0.15, -0.1) is 0 Å². The van der Waals surface area contributed by atoms with Gasteiger partial charge in [0, 0.05) is 12.7 Å². The number of sulfone groups is 1. The molecular formula is C13H18O4S. The van der Waals surface area contributed by atoms with E-state index in [2.05, 4.69) is 0 Å². The lowest BCUT2D eigenvalue weighted by molar-refractivity contribution is 0.176. The van der Waals surface area contributed by atoms with Gasteiger partial charge in [-0.1, -0.05) is 6.07 Å². The van der Waals surface area contributed by atoms with Crippen LogP contribution in [0.4, 0.5) is 0 Å². The summed E-state index contributed by atoms with van der Waals surface area (Å²) >= 11 is 0. The first-order valence-corrected chi connectivity index (χ1v) is 7.91. The van der Waals surface area contributed by atoms with E-state index in [1.165, 1.54) is 6.92 Å². The molecule has 0 saturated heterocycles. The largest absolute Gasteiger partial charge is 0.490 e. The Morgan fingerprint density at radius 2 is 2.11 bits per heavy atom. The minimum Gasteiger partial charge on any atom is -0.490 e. The van der Waals surface area contributed by atoms with Crippen molar-refractivity contribution in [3.05, 3.63) is 29.3 Å². The first-order chi connectivity index (χ1) is 8.29. The van der Waals surface area contributed by atoms with E-state index in [1.54, 1.807) is 12.1 Å². The zero-order valence-electron chi connectivity index (χ0n) is 10.8. The second-order valence-electron chi connectivity index (χ2n) is 4.98. The molecule has 0 radical (unpaired) electrons. The number of aliphatic hydroxyl groups is 1. The molecule has 100 valence electrons. The SMILES string of the molecule is CC1Cc2cc(C(O)C(C)S(C)(=O)=O)ccc2O1. The molecule has 0 aliphatic carbocycles. The number of hydrogen-bond acceptors (Lipinski definition) is 4. The molecule has 5 heteroatoms. The van der Waals surface area contributed by atoms with Gasteiger partial charge in [-0.25, -0.2) is 8.42 Å². The molecule has 3 unspecified atom stereocenters. The monoisotopic (exact) mass is 270 g/mol. The lowest BCUT2D eigenvalue weighted by Crippen LogP contribution is -2.24. The minimum absolute atomic E-state index is 0.139. The molecule has 1 N–H and O–H groups in total. The predicted octanol–water partition coefficient (Wildman–Crippen LogP) is 1.48. The van der Waals surface area contributed by atoms with Gasteiger partial charge in [-0.2, -0.15) is 0 Å². The Morgan fingerprint density at radius 3 is 2.72 bits per heavy atom. The normalized spacial score (nSPS) is 22.1. The Labute approximate surface area is 108 Å². The molecule has 0 fully saturated rings. The highest BCUT2D eigenvalue weighted by Crippen LogP contribution is 2.32. The van der Waals surface area contributed by atoms with E-state index in [1.807, 2.05) is 13.0 Å². The molecule has 4 nitrogen and oxygen atoms in total. The second kappa shape index (κ2) is 4.55. The number of ether oxygens (including phenoxy) is 1. The van der Waals surface area contributed by atoms with Gasteiger partial charge in [0.15, 0.2) is 9.84 Å². The summed E-state index contributed by atoms with van der Waals surface area (Å²) in [6, 6.07) is 5.36.